The molecule has 1 aliphatic rings. The van der Waals surface area contributed by atoms with Gasteiger partial charge in [0, 0.05) is 6.61 Å². The second kappa shape index (κ2) is 4.15. The van der Waals surface area contributed by atoms with E-state index in [0.29, 0.717) is 0 Å². The van der Waals surface area contributed by atoms with Crippen LogP contribution in [0.4, 0.5) is 0 Å². The van der Waals surface area contributed by atoms with Crippen molar-refractivity contribution < 1.29 is 25.2 Å². The Morgan fingerprint density at radius 2 is 1.83 bits per heavy atom. The van der Waals surface area contributed by atoms with Gasteiger partial charge < -0.3 is 25.2 Å². The van der Waals surface area contributed by atoms with Gasteiger partial charge in [0.1, 0.15) is 18.3 Å². The summed E-state index contributed by atoms with van der Waals surface area (Å²) in [6.07, 6.45) is -3.62. The maximum Gasteiger partial charge on any atom is 0.111 e. The molecule has 1 aliphatic heterocycles. The van der Waals surface area contributed by atoms with Crippen molar-refractivity contribution in [3.8, 4) is 0 Å². The predicted molar refractivity (Wildman–Crippen MR) is 39.5 cm³/mol. The summed E-state index contributed by atoms with van der Waals surface area (Å²) in [6, 6.07) is 0. The van der Waals surface area contributed by atoms with E-state index in [-0.39, 0.29) is 19.6 Å². The van der Waals surface area contributed by atoms with Crippen molar-refractivity contribution in [1.82, 2.24) is 0 Å². The van der Waals surface area contributed by atoms with Crippen molar-refractivity contribution in [3.05, 3.63) is 0 Å². The van der Waals surface area contributed by atoms with E-state index in [9.17, 15) is 10.2 Å². The minimum absolute atomic E-state index is 0.00287. The second-order valence-electron chi connectivity index (χ2n) is 2.93. The van der Waals surface area contributed by atoms with Gasteiger partial charge in [0.15, 0.2) is 0 Å². The first-order valence-corrected chi connectivity index (χ1v) is 3.93. The van der Waals surface area contributed by atoms with E-state index in [4.69, 9.17) is 14.9 Å². The molecule has 0 aliphatic carbocycles. The lowest BCUT2D eigenvalue weighted by molar-refractivity contribution is -0.189. The van der Waals surface area contributed by atoms with E-state index in [1.165, 1.54) is 0 Å². The Morgan fingerprint density at radius 3 is 2.42 bits per heavy atom. The Balaban J connectivity index is 2.46. The average molecular weight is 178 g/mol. The molecule has 0 aromatic carbocycles. The summed E-state index contributed by atoms with van der Waals surface area (Å²) in [5, 5.41) is 36.1. The molecule has 1 fully saturated rings. The van der Waals surface area contributed by atoms with Crippen LogP contribution < -0.4 is 0 Å². The SMILES string of the molecule is OCC[C@H]1OC[C@H](O)[C@@H](O)[C@@H]1O. The smallest absolute Gasteiger partial charge is 0.111 e. The predicted octanol–water partition coefficient (Wildman–Crippen LogP) is -2.15. The second-order valence-corrected chi connectivity index (χ2v) is 2.93. The van der Waals surface area contributed by atoms with Crippen LogP contribution in [0.15, 0.2) is 0 Å². The molecule has 0 unspecified atom stereocenters. The van der Waals surface area contributed by atoms with Gasteiger partial charge in [-0.3, -0.25) is 0 Å². The molecule has 0 amide bonds. The summed E-state index contributed by atoms with van der Waals surface area (Å²) in [5.74, 6) is 0. The zero-order valence-electron chi connectivity index (χ0n) is 6.63. The molecule has 5 heteroatoms. The lowest BCUT2D eigenvalue weighted by atomic mass is 9.98. The molecular weight excluding hydrogens is 164 g/mol. The molecule has 72 valence electrons. The van der Waals surface area contributed by atoms with Crippen LogP contribution in [0.1, 0.15) is 6.42 Å². The van der Waals surface area contributed by atoms with Crippen LogP contribution in [-0.2, 0) is 4.74 Å². The highest BCUT2D eigenvalue weighted by molar-refractivity contribution is 4.86. The summed E-state index contributed by atoms with van der Waals surface area (Å²) in [4.78, 5) is 0. The lowest BCUT2D eigenvalue weighted by Crippen LogP contribution is -2.53. The van der Waals surface area contributed by atoms with Gasteiger partial charge in [-0.15, -0.1) is 0 Å². The highest BCUT2D eigenvalue weighted by Gasteiger charge is 2.36. The number of aliphatic hydroxyl groups excluding tert-OH is 4. The molecule has 0 spiro atoms. The molecule has 4 N–H and O–H groups in total. The molecular formula is C7H14O5. The molecule has 0 aromatic rings. The first-order chi connectivity index (χ1) is 5.66. The fraction of sp³-hybridized carbons (Fsp3) is 1.00. The van der Waals surface area contributed by atoms with E-state index in [1.807, 2.05) is 0 Å². The monoisotopic (exact) mass is 178 g/mol. The van der Waals surface area contributed by atoms with E-state index < -0.39 is 24.4 Å². The van der Waals surface area contributed by atoms with Crippen molar-refractivity contribution in [2.45, 2.75) is 30.8 Å². The molecule has 0 bridgehead atoms. The zero-order chi connectivity index (χ0) is 9.14. The molecule has 0 saturated carbocycles. The molecule has 1 rings (SSSR count). The number of hydrogen-bond donors (Lipinski definition) is 4. The van der Waals surface area contributed by atoms with Crippen LogP contribution in [0, 0.1) is 0 Å². The third kappa shape index (κ3) is 1.94. The Labute approximate surface area is 70.2 Å². The molecule has 4 atom stereocenters. The standard InChI is InChI=1S/C7H14O5/c8-2-1-5-7(11)6(10)4(9)3-12-5/h4-11H,1-3H2/t4-,5+,6+,7+/m0/s1. The van der Waals surface area contributed by atoms with Gasteiger partial charge in [0.05, 0.1) is 12.7 Å². The highest BCUT2D eigenvalue weighted by atomic mass is 16.5. The molecule has 0 aromatic heterocycles. The average Bonchev–Trinajstić information content (AvgIpc) is 2.07. The van der Waals surface area contributed by atoms with Crippen LogP contribution >= 0.6 is 0 Å². The van der Waals surface area contributed by atoms with Crippen LogP contribution in [-0.4, -0.2) is 58.1 Å². The quantitative estimate of drug-likeness (QED) is 0.387. The summed E-state index contributed by atoms with van der Waals surface area (Å²) in [7, 11) is 0. The van der Waals surface area contributed by atoms with Crippen LogP contribution in [0.3, 0.4) is 0 Å². The summed E-state index contributed by atoms with van der Waals surface area (Å²) in [6.45, 7) is -0.104. The fourth-order valence-electron chi connectivity index (χ4n) is 1.25. The van der Waals surface area contributed by atoms with Gasteiger partial charge >= 0.3 is 0 Å². The topological polar surface area (TPSA) is 90.2 Å². The van der Waals surface area contributed by atoms with E-state index >= 15 is 0 Å². The van der Waals surface area contributed by atoms with E-state index in [0.717, 1.165) is 0 Å². The van der Waals surface area contributed by atoms with Crippen molar-refractivity contribution in [3.63, 3.8) is 0 Å². The molecule has 5 nitrogen and oxygen atoms in total. The van der Waals surface area contributed by atoms with Crippen LogP contribution in [0.5, 0.6) is 0 Å². The van der Waals surface area contributed by atoms with Crippen LogP contribution in [0.2, 0.25) is 0 Å². The van der Waals surface area contributed by atoms with E-state index in [1.54, 1.807) is 0 Å². The summed E-state index contributed by atoms with van der Waals surface area (Å²) < 4.78 is 4.99. The van der Waals surface area contributed by atoms with Gasteiger partial charge in [-0.2, -0.15) is 0 Å². The number of hydrogen-bond acceptors (Lipinski definition) is 5. The molecule has 0 radical (unpaired) electrons. The van der Waals surface area contributed by atoms with Gasteiger partial charge in [-0.25, -0.2) is 0 Å². The van der Waals surface area contributed by atoms with E-state index in [2.05, 4.69) is 0 Å². The van der Waals surface area contributed by atoms with Gasteiger partial charge in [-0.05, 0) is 6.42 Å². The number of rotatable bonds is 2. The number of aliphatic hydroxyl groups is 4. The number of ether oxygens (including phenoxy) is 1. The largest absolute Gasteiger partial charge is 0.396 e. The minimum Gasteiger partial charge on any atom is -0.396 e. The third-order valence-electron chi connectivity index (χ3n) is 2.02. The lowest BCUT2D eigenvalue weighted by Gasteiger charge is -2.34. The first kappa shape index (κ1) is 9.88. The molecule has 1 saturated heterocycles. The van der Waals surface area contributed by atoms with Gasteiger partial charge in [0.25, 0.3) is 0 Å². The maximum atomic E-state index is 9.29. The zero-order valence-corrected chi connectivity index (χ0v) is 6.63. The highest BCUT2D eigenvalue weighted by Crippen LogP contribution is 2.17. The van der Waals surface area contributed by atoms with Crippen LogP contribution in [0.25, 0.3) is 0 Å². The Bertz CT molecular complexity index is 140. The van der Waals surface area contributed by atoms with Gasteiger partial charge in [0.2, 0.25) is 0 Å². The minimum atomic E-state index is -1.17. The fourth-order valence-corrected chi connectivity index (χ4v) is 1.25. The molecule has 1 heterocycles. The van der Waals surface area contributed by atoms with Crippen molar-refractivity contribution in [2.24, 2.45) is 0 Å². The normalized spacial score (nSPS) is 43.0. The Hall–Kier alpha value is -0.200. The Kier molecular flexibility index (Phi) is 3.42. The van der Waals surface area contributed by atoms with Crippen molar-refractivity contribution in [1.29, 1.82) is 0 Å². The summed E-state index contributed by atoms with van der Waals surface area (Å²) >= 11 is 0. The maximum absolute atomic E-state index is 9.29. The van der Waals surface area contributed by atoms with Gasteiger partial charge in [-0.1, -0.05) is 0 Å². The summed E-state index contributed by atoms with van der Waals surface area (Å²) in [5.41, 5.74) is 0. The molecule has 12 heavy (non-hydrogen) atoms. The first-order valence-electron chi connectivity index (χ1n) is 3.93. The van der Waals surface area contributed by atoms with Crippen molar-refractivity contribution >= 4 is 0 Å². The third-order valence-corrected chi connectivity index (χ3v) is 2.02. The Morgan fingerprint density at radius 1 is 1.17 bits per heavy atom. The van der Waals surface area contributed by atoms with Crippen molar-refractivity contribution in [2.75, 3.05) is 13.2 Å².